The summed E-state index contributed by atoms with van der Waals surface area (Å²) in [5.74, 6) is -0.174. The van der Waals surface area contributed by atoms with Gasteiger partial charge in [-0.1, -0.05) is 25.1 Å². The van der Waals surface area contributed by atoms with Gasteiger partial charge in [0.05, 0.1) is 11.9 Å². The second kappa shape index (κ2) is 8.23. The van der Waals surface area contributed by atoms with Gasteiger partial charge in [0.15, 0.2) is 0 Å². The van der Waals surface area contributed by atoms with E-state index in [1.807, 2.05) is 37.3 Å². The zero-order valence-electron chi connectivity index (χ0n) is 15.5. The molecule has 6 nitrogen and oxygen atoms in total. The van der Waals surface area contributed by atoms with E-state index >= 15 is 0 Å². The molecule has 0 aliphatic rings. The minimum Gasteiger partial charge on any atom is -0.374 e. The van der Waals surface area contributed by atoms with E-state index in [4.69, 9.17) is 0 Å². The minimum atomic E-state index is -3.36. The van der Waals surface area contributed by atoms with Crippen LogP contribution in [-0.2, 0) is 21.2 Å². The summed E-state index contributed by atoms with van der Waals surface area (Å²) < 4.78 is 25.4. The van der Waals surface area contributed by atoms with Crippen molar-refractivity contribution in [1.82, 2.24) is 0 Å². The van der Waals surface area contributed by atoms with Gasteiger partial charge in [0.25, 0.3) is 0 Å². The average Bonchev–Trinajstić information content (AvgIpc) is 2.57. The van der Waals surface area contributed by atoms with Gasteiger partial charge in [-0.2, -0.15) is 0 Å². The number of aryl methyl sites for hydroxylation is 2. The van der Waals surface area contributed by atoms with Gasteiger partial charge in [0.1, 0.15) is 6.04 Å². The summed E-state index contributed by atoms with van der Waals surface area (Å²) in [6.45, 7) is 5.64. The quantitative estimate of drug-likeness (QED) is 0.692. The molecule has 0 aromatic heterocycles. The normalized spacial score (nSPS) is 12.3. The number of anilines is 3. The van der Waals surface area contributed by atoms with E-state index in [-0.39, 0.29) is 5.91 Å². The number of hydrogen-bond acceptors (Lipinski definition) is 4. The van der Waals surface area contributed by atoms with Crippen LogP contribution in [0.5, 0.6) is 0 Å². The Morgan fingerprint density at radius 3 is 2.27 bits per heavy atom. The van der Waals surface area contributed by atoms with Gasteiger partial charge in [-0.05, 0) is 55.7 Å². The molecule has 0 radical (unpaired) electrons. The Labute approximate surface area is 155 Å². The average molecular weight is 375 g/mol. The van der Waals surface area contributed by atoms with E-state index in [9.17, 15) is 13.2 Å². The highest BCUT2D eigenvalue weighted by Gasteiger charge is 2.14. The number of benzene rings is 2. The molecule has 3 N–H and O–H groups in total. The predicted octanol–water partition coefficient (Wildman–Crippen LogP) is 3.37. The molecule has 1 amide bonds. The van der Waals surface area contributed by atoms with Crippen molar-refractivity contribution in [2.75, 3.05) is 21.6 Å². The number of rotatable bonds is 7. The first-order valence-electron chi connectivity index (χ1n) is 8.42. The lowest BCUT2D eigenvalue weighted by Crippen LogP contribution is -2.31. The van der Waals surface area contributed by atoms with Gasteiger partial charge in [-0.3, -0.25) is 9.52 Å². The maximum Gasteiger partial charge on any atom is 0.246 e. The fourth-order valence-electron chi connectivity index (χ4n) is 2.41. The number of carbonyl (C=O) groups is 1. The lowest BCUT2D eigenvalue weighted by molar-refractivity contribution is -0.116. The second-order valence-corrected chi connectivity index (χ2v) is 8.06. The summed E-state index contributed by atoms with van der Waals surface area (Å²) in [7, 11) is -3.36. The Bertz CT molecular complexity index is 877. The molecule has 2 rings (SSSR count). The van der Waals surface area contributed by atoms with Crippen molar-refractivity contribution in [2.24, 2.45) is 0 Å². The number of carbonyl (C=O) groups excluding carboxylic acids is 1. The van der Waals surface area contributed by atoms with E-state index in [1.54, 1.807) is 19.1 Å². The zero-order chi connectivity index (χ0) is 19.3. The Hall–Kier alpha value is -2.54. The number of nitrogens with one attached hydrogen (secondary N) is 3. The fourth-order valence-corrected chi connectivity index (χ4v) is 3.03. The number of sulfonamides is 1. The monoisotopic (exact) mass is 375 g/mol. The molecule has 0 fully saturated rings. The smallest absolute Gasteiger partial charge is 0.246 e. The molecule has 140 valence electrons. The Morgan fingerprint density at radius 1 is 1.08 bits per heavy atom. The lowest BCUT2D eigenvalue weighted by atomic mass is 10.1. The van der Waals surface area contributed by atoms with Gasteiger partial charge in [-0.25, -0.2) is 8.42 Å². The second-order valence-electron chi connectivity index (χ2n) is 6.31. The van der Waals surface area contributed by atoms with Gasteiger partial charge < -0.3 is 10.6 Å². The molecule has 0 aliphatic carbocycles. The third kappa shape index (κ3) is 5.77. The first-order valence-corrected chi connectivity index (χ1v) is 10.3. The summed E-state index contributed by atoms with van der Waals surface area (Å²) >= 11 is 0. The molecule has 0 spiro atoms. The largest absolute Gasteiger partial charge is 0.374 e. The molecule has 0 saturated carbocycles. The molecule has 1 atom stereocenters. The molecule has 0 aliphatic heterocycles. The Morgan fingerprint density at radius 2 is 1.69 bits per heavy atom. The third-order valence-electron chi connectivity index (χ3n) is 3.94. The standard InChI is InChI=1S/C19H25N3O3S/c1-5-15-7-10-16(11-8-15)21-19(23)14(3)20-17-9-6-13(2)18(12-17)22-26(4,24)25/h6-12,14,20,22H,5H2,1-4H3,(H,21,23). The van der Waals surface area contributed by atoms with Crippen molar-refractivity contribution < 1.29 is 13.2 Å². The highest BCUT2D eigenvalue weighted by atomic mass is 32.2. The van der Waals surface area contributed by atoms with Gasteiger partial charge >= 0.3 is 0 Å². The van der Waals surface area contributed by atoms with E-state index < -0.39 is 16.1 Å². The Kier molecular flexibility index (Phi) is 6.26. The van der Waals surface area contributed by atoms with Crippen molar-refractivity contribution in [1.29, 1.82) is 0 Å². The maximum absolute atomic E-state index is 12.4. The van der Waals surface area contributed by atoms with Crippen molar-refractivity contribution in [2.45, 2.75) is 33.2 Å². The molecular weight excluding hydrogens is 350 g/mol. The van der Waals surface area contributed by atoms with Crippen LogP contribution < -0.4 is 15.4 Å². The third-order valence-corrected chi connectivity index (χ3v) is 4.53. The van der Waals surface area contributed by atoms with Crippen LogP contribution in [0.4, 0.5) is 17.1 Å². The van der Waals surface area contributed by atoms with Crippen LogP contribution in [0.2, 0.25) is 0 Å². The summed E-state index contributed by atoms with van der Waals surface area (Å²) in [5, 5.41) is 5.96. The highest BCUT2D eigenvalue weighted by molar-refractivity contribution is 7.92. The maximum atomic E-state index is 12.4. The highest BCUT2D eigenvalue weighted by Crippen LogP contribution is 2.22. The molecule has 0 saturated heterocycles. The summed E-state index contributed by atoms with van der Waals surface area (Å²) in [6, 6.07) is 12.5. The minimum absolute atomic E-state index is 0.174. The molecule has 7 heteroatoms. The molecule has 26 heavy (non-hydrogen) atoms. The van der Waals surface area contributed by atoms with Crippen LogP contribution in [-0.4, -0.2) is 26.6 Å². The number of hydrogen-bond donors (Lipinski definition) is 3. The first kappa shape index (κ1) is 19.8. The van der Waals surface area contributed by atoms with Crippen molar-refractivity contribution >= 4 is 33.0 Å². The van der Waals surface area contributed by atoms with Crippen molar-refractivity contribution in [3.63, 3.8) is 0 Å². The van der Waals surface area contributed by atoms with Crippen LogP contribution in [0.15, 0.2) is 42.5 Å². The van der Waals surface area contributed by atoms with Crippen LogP contribution in [0, 0.1) is 6.92 Å². The van der Waals surface area contributed by atoms with E-state index in [0.29, 0.717) is 11.4 Å². The summed E-state index contributed by atoms with van der Waals surface area (Å²) in [6.07, 6.45) is 2.05. The first-order chi connectivity index (χ1) is 12.2. The molecule has 2 aromatic carbocycles. The molecule has 1 unspecified atom stereocenters. The van der Waals surface area contributed by atoms with Gasteiger partial charge in [0, 0.05) is 11.4 Å². The van der Waals surface area contributed by atoms with Crippen LogP contribution >= 0.6 is 0 Å². The Balaban J connectivity index is 2.04. The SMILES string of the molecule is CCc1ccc(NC(=O)C(C)Nc2ccc(C)c(NS(C)(=O)=O)c2)cc1. The fraction of sp³-hybridized carbons (Fsp3) is 0.316. The number of amides is 1. The summed E-state index contributed by atoms with van der Waals surface area (Å²) in [4.78, 5) is 12.4. The lowest BCUT2D eigenvalue weighted by Gasteiger charge is -2.17. The molecular formula is C19H25N3O3S. The van der Waals surface area contributed by atoms with Gasteiger partial charge in [0.2, 0.25) is 15.9 Å². The van der Waals surface area contributed by atoms with Crippen molar-refractivity contribution in [3.8, 4) is 0 Å². The topological polar surface area (TPSA) is 87.3 Å². The summed E-state index contributed by atoms with van der Waals surface area (Å²) in [5.41, 5.74) is 3.89. The van der Waals surface area contributed by atoms with Crippen LogP contribution in [0.3, 0.4) is 0 Å². The predicted molar refractivity (Wildman–Crippen MR) is 107 cm³/mol. The molecule has 0 bridgehead atoms. The van der Waals surface area contributed by atoms with Crippen LogP contribution in [0.1, 0.15) is 25.0 Å². The van der Waals surface area contributed by atoms with E-state index in [1.165, 1.54) is 5.56 Å². The van der Waals surface area contributed by atoms with Crippen LogP contribution in [0.25, 0.3) is 0 Å². The van der Waals surface area contributed by atoms with E-state index in [2.05, 4.69) is 22.3 Å². The molecule has 0 heterocycles. The van der Waals surface area contributed by atoms with Crippen molar-refractivity contribution in [3.05, 3.63) is 53.6 Å². The zero-order valence-corrected chi connectivity index (χ0v) is 16.3. The molecule has 2 aromatic rings. The van der Waals surface area contributed by atoms with Gasteiger partial charge in [-0.15, -0.1) is 0 Å². The van der Waals surface area contributed by atoms with E-state index in [0.717, 1.165) is 23.9 Å².